The molecule has 1 aromatic carbocycles. The van der Waals surface area contributed by atoms with Crippen LogP contribution in [0.3, 0.4) is 0 Å². The van der Waals surface area contributed by atoms with Crippen LogP contribution < -0.4 is 4.74 Å². The van der Waals surface area contributed by atoms with Gasteiger partial charge in [0.1, 0.15) is 5.75 Å². The lowest BCUT2D eigenvalue weighted by Crippen LogP contribution is -1.97. The van der Waals surface area contributed by atoms with E-state index in [-0.39, 0.29) is 0 Å². The monoisotopic (exact) mass is 317 g/mol. The standard InChI is InChI=1S/C10H9Br2NO/c11-8-4-3-5-9(12)10(8)14-7-2-1-6-13/h3-5H,1-2,7H2. The summed E-state index contributed by atoms with van der Waals surface area (Å²) in [5.41, 5.74) is 0. The maximum absolute atomic E-state index is 8.35. The fourth-order valence-corrected chi connectivity index (χ4v) is 2.17. The second-order valence-corrected chi connectivity index (χ2v) is 4.37. The zero-order valence-corrected chi connectivity index (χ0v) is 10.6. The minimum Gasteiger partial charge on any atom is -0.491 e. The predicted octanol–water partition coefficient (Wildman–Crippen LogP) is 3.89. The van der Waals surface area contributed by atoms with Crippen LogP contribution in [0.5, 0.6) is 5.75 Å². The maximum Gasteiger partial charge on any atom is 0.147 e. The van der Waals surface area contributed by atoms with Crippen LogP contribution in [-0.2, 0) is 0 Å². The molecule has 0 saturated heterocycles. The van der Waals surface area contributed by atoms with E-state index in [2.05, 4.69) is 37.9 Å². The number of nitrogens with zero attached hydrogens (tertiary/aromatic N) is 1. The van der Waals surface area contributed by atoms with E-state index in [1.54, 1.807) is 0 Å². The highest BCUT2D eigenvalue weighted by atomic mass is 79.9. The van der Waals surface area contributed by atoms with Crippen LogP contribution in [-0.4, -0.2) is 6.61 Å². The molecule has 0 N–H and O–H groups in total. The van der Waals surface area contributed by atoms with E-state index in [0.717, 1.165) is 21.1 Å². The summed E-state index contributed by atoms with van der Waals surface area (Å²) in [7, 11) is 0. The average Bonchev–Trinajstić information content (AvgIpc) is 2.16. The molecule has 0 aliphatic carbocycles. The Balaban J connectivity index is 2.54. The predicted molar refractivity (Wildman–Crippen MR) is 62.2 cm³/mol. The van der Waals surface area contributed by atoms with Gasteiger partial charge in [-0.3, -0.25) is 0 Å². The Bertz CT molecular complexity index is 326. The molecule has 14 heavy (non-hydrogen) atoms. The molecule has 2 nitrogen and oxygen atoms in total. The molecular formula is C10H9Br2NO. The van der Waals surface area contributed by atoms with E-state index in [1.807, 2.05) is 18.2 Å². The van der Waals surface area contributed by atoms with Crippen molar-refractivity contribution < 1.29 is 4.74 Å². The van der Waals surface area contributed by atoms with Crippen molar-refractivity contribution in [2.75, 3.05) is 6.61 Å². The Kier molecular flexibility index (Phi) is 4.99. The summed E-state index contributed by atoms with van der Waals surface area (Å²) in [5.74, 6) is 0.797. The van der Waals surface area contributed by atoms with Crippen molar-refractivity contribution in [3.63, 3.8) is 0 Å². The maximum atomic E-state index is 8.35. The molecule has 0 unspecified atom stereocenters. The number of rotatable bonds is 4. The minimum atomic E-state index is 0.530. The van der Waals surface area contributed by atoms with Gasteiger partial charge in [-0.15, -0.1) is 0 Å². The minimum absolute atomic E-state index is 0.530. The van der Waals surface area contributed by atoms with Crippen molar-refractivity contribution in [1.82, 2.24) is 0 Å². The molecule has 74 valence electrons. The number of nitriles is 1. The van der Waals surface area contributed by atoms with Crippen LogP contribution in [0.25, 0.3) is 0 Å². The summed E-state index contributed by atoms with van der Waals surface area (Å²) < 4.78 is 7.37. The molecule has 0 aliphatic heterocycles. The molecule has 1 rings (SSSR count). The first kappa shape index (κ1) is 11.5. The number of hydrogen-bond donors (Lipinski definition) is 0. The molecule has 0 aromatic heterocycles. The summed E-state index contributed by atoms with van der Waals surface area (Å²) in [6, 6.07) is 7.85. The summed E-state index contributed by atoms with van der Waals surface area (Å²) in [6.07, 6.45) is 1.28. The molecule has 0 radical (unpaired) electrons. The smallest absolute Gasteiger partial charge is 0.147 e. The summed E-state index contributed by atoms with van der Waals surface area (Å²) in [5, 5.41) is 8.35. The summed E-state index contributed by atoms with van der Waals surface area (Å²) in [6.45, 7) is 0.564. The van der Waals surface area contributed by atoms with Crippen molar-refractivity contribution in [2.24, 2.45) is 0 Å². The number of hydrogen-bond acceptors (Lipinski definition) is 2. The molecule has 0 heterocycles. The van der Waals surface area contributed by atoms with Crippen molar-refractivity contribution in [3.05, 3.63) is 27.1 Å². The van der Waals surface area contributed by atoms with Gasteiger partial charge in [0.25, 0.3) is 0 Å². The van der Waals surface area contributed by atoms with Crippen molar-refractivity contribution >= 4 is 31.9 Å². The molecule has 0 spiro atoms. The zero-order chi connectivity index (χ0) is 10.4. The molecule has 1 aromatic rings. The van der Waals surface area contributed by atoms with Gasteiger partial charge in [-0.05, 0) is 50.4 Å². The Hall–Kier alpha value is -0.530. The van der Waals surface area contributed by atoms with Crippen LogP contribution in [0.4, 0.5) is 0 Å². The highest BCUT2D eigenvalue weighted by Crippen LogP contribution is 2.32. The molecule has 4 heteroatoms. The van der Waals surface area contributed by atoms with E-state index < -0.39 is 0 Å². The van der Waals surface area contributed by atoms with E-state index in [4.69, 9.17) is 10.00 Å². The number of unbranched alkanes of at least 4 members (excludes halogenated alkanes) is 1. The first-order chi connectivity index (χ1) is 6.75. The molecule has 0 atom stereocenters. The number of halogens is 2. The second-order valence-electron chi connectivity index (χ2n) is 2.66. The van der Waals surface area contributed by atoms with Crippen LogP contribution in [0.1, 0.15) is 12.8 Å². The van der Waals surface area contributed by atoms with E-state index in [9.17, 15) is 0 Å². The van der Waals surface area contributed by atoms with Gasteiger partial charge in [-0.2, -0.15) is 5.26 Å². The Labute approximate surface area is 100 Å². The SMILES string of the molecule is N#CCCCOc1c(Br)cccc1Br. The number of ether oxygens (including phenoxy) is 1. The van der Waals surface area contributed by atoms with Gasteiger partial charge in [0.15, 0.2) is 0 Å². The van der Waals surface area contributed by atoms with E-state index in [0.29, 0.717) is 13.0 Å². The largest absolute Gasteiger partial charge is 0.491 e. The molecular weight excluding hydrogens is 310 g/mol. The van der Waals surface area contributed by atoms with Gasteiger partial charge in [0.05, 0.1) is 21.6 Å². The third-order valence-corrected chi connectivity index (χ3v) is 2.85. The van der Waals surface area contributed by atoms with E-state index in [1.165, 1.54) is 0 Å². The number of para-hydroxylation sites is 1. The van der Waals surface area contributed by atoms with Gasteiger partial charge in [-0.25, -0.2) is 0 Å². The first-order valence-corrected chi connectivity index (χ1v) is 5.78. The third kappa shape index (κ3) is 3.32. The summed E-state index contributed by atoms with van der Waals surface area (Å²) in [4.78, 5) is 0. The van der Waals surface area contributed by atoms with Crippen molar-refractivity contribution in [2.45, 2.75) is 12.8 Å². The van der Waals surface area contributed by atoms with Gasteiger partial charge in [-0.1, -0.05) is 6.07 Å². The highest BCUT2D eigenvalue weighted by molar-refractivity contribution is 9.11. The lowest BCUT2D eigenvalue weighted by molar-refractivity contribution is 0.309. The topological polar surface area (TPSA) is 33.0 Å². The van der Waals surface area contributed by atoms with Crippen molar-refractivity contribution in [1.29, 1.82) is 5.26 Å². The first-order valence-electron chi connectivity index (χ1n) is 4.19. The van der Waals surface area contributed by atoms with Crippen LogP contribution in [0, 0.1) is 11.3 Å². The Morgan fingerprint density at radius 3 is 2.50 bits per heavy atom. The molecule has 0 saturated carbocycles. The number of benzene rings is 1. The van der Waals surface area contributed by atoms with Crippen LogP contribution >= 0.6 is 31.9 Å². The van der Waals surface area contributed by atoms with E-state index >= 15 is 0 Å². The Morgan fingerprint density at radius 2 is 1.93 bits per heavy atom. The molecule has 0 fully saturated rings. The van der Waals surface area contributed by atoms with Crippen molar-refractivity contribution in [3.8, 4) is 11.8 Å². The molecule has 0 amide bonds. The average molecular weight is 319 g/mol. The van der Waals surface area contributed by atoms with Gasteiger partial charge < -0.3 is 4.74 Å². The highest BCUT2D eigenvalue weighted by Gasteiger charge is 2.04. The van der Waals surface area contributed by atoms with Gasteiger partial charge in [0.2, 0.25) is 0 Å². The summed E-state index contributed by atoms with van der Waals surface area (Å²) >= 11 is 6.79. The van der Waals surface area contributed by atoms with Gasteiger partial charge >= 0.3 is 0 Å². The van der Waals surface area contributed by atoms with Gasteiger partial charge in [0, 0.05) is 6.42 Å². The lowest BCUT2D eigenvalue weighted by Gasteiger charge is -2.08. The quantitative estimate of drug-likeness (QED) is 0.789. The molecule has 0 bridgehead atoms. The molecule has 0 aliphatic rings. The lowest BCUT2D eigenvalue weighted by atomic mass is 10.3. The van der Waals surface area contributed by atoms with Crippen LogP contribution in [0.15, 0.2) is 27.1 Å². The fraction of sp³-hybridized carbons (Fsp3) is 0.300. The zero-order valence-electron chi connectivity index (χ0n) is 7.46. The van der Waals surface area contributed by atoms with Crippen LogP contribution in [0.2, 0.25) is 0 Å². The Morgan fingerprint density at radius 1 is 1.29 bits per heavy atom. The second kappa shape index (κ2) is 6.05. The fourth-order valence-electron chi connectivity index (χ4n) is 0.946. The third-order valence-electron chi connectivity index (χ3n) is 1.60. The normalized spacial score (nSPS) is 9.50.